The Labute approximate surface area is 114 Å². The van der Waals surface area contributed by atoms with Crippen molar-refractivity contribution < 1.29 is 20.1 Å². The third-order valence-electron chi connectivity index (χ3n) is 3.60. The molecule has 0 aliphatic carbocycles. The average Bonchev–Trinajstić information content (AvgIpc) is 2.99. The van der Waals surface area contributed by atoms with Gasteiger partial charge in [-0.2, -0.15) is 0 Å². The minimum absolute atomic E-state index is 0.288. The smallest absolute Gasteiger partial charge is 0.164 e. The Bertz CT molecular complexity index is 644. The molecule has 0 radical (unpaired) electrons. The Balaban J connectivity index is 2.10. The van der Waals surface area contributed by atoms with Crippen molar-refractivity contribution in [2.24, 2.45) is 0 Å². The van der Waals surface area contributed by atoms with Gasteiger partial charge >= 0.3 is 0 Å². The summed E-state index contributed by atoms with van der Waals surface area (Å²) in [6.45, 7) is 1.47. The molecular formula is C12H16N4O4. The highest BCUT2D eigenvalue weighted by molar-refractivity contribution is 5.87. The molecule has 20 heavy (non-hydrogen) atoms. The van der Waals surface area contributed by atoms with Gasteiger partial charge in [0, 0.05) is 6.20 Å². The van der Waals surface area contributed by atoms with E-state index >= 15 is 0 Å². The first kappa shape index (κ1) is 13.3. The van der Waals surface area contributed by atoms with E-state index in [1.54, 1.807) is 10.8 Å². The van der Waals surface area contributed by atoms with Gasteiger partial charge in [-0.25, -0.2) is 9.97 Å². The van der Waals surface area contributed by atoms with Gasteiger partial charge in [-0.05, 0) is 12.5 Å². The van der Waals surface area contributed by atoms with Gasteiger partial charge in [-0.15, -0.1) is 0 Å². The highest BCUT2D eigenvalue weighted by Gasteiger charge is 2.43. The molecule has 3 heterocycles. The Morgan fingerprint density at radius 2 is 2.10 bits per heavy atom. The number of nitrogens with two attached hydrogens (primary N) is 1. The second-order valence-corrected chi connectivity index (χ2v) is 4.90. The lowest BCUT2D eigenvalue weighted by molar-refractivity contribution is -0.0509. The zero-order valence-corrected chi connectivity index (χ0v) is 10.8. The van der Waals surface area contributed by atoms with Crippen LogP contribution in [0.3, 0.4) is 0 Å². The quantitative estimate of drug-likeness (QED) is 0.552. The minimum Gasteiger partial charge on any atom is -0.394 e. The predicted octanol–water partition coefficient (Wildman–Crippen LogP) is -1.07. The molecule has 2 aromatic rings. The largest absolute Gasteiger partial charge is 0.394 e. The molecular weight excluding hydrogens is 264 g/mol. The summed E-state index contributed by atoms with van der Waals surface area (Å²) >= 11 is 0. The van der Waals surface area contributed by atoms with E-state index in [1.165, 1.54) is 6.33 Å². The number of hydrogen-bond acceptors (Lipinski definition) is 7. The van der Waals surface area contributed by atoms with Crippen molar-refractivity contribution in [1.29, 1.82) is 0 Å². The molecule has 8 heteroatoms. The molecule has 0 bridgehead atoms. The fourth-order valence-electron chi connectivity index (χ4n) is 2.53. The molecule has 0 spiro atoms. The monoisotopic (exact) mass is 280 g/mol. The predicted molar refractivity (Wildman–Crippen MR) is 69.7 cm³/mol. The van der Waals surface area contributed by atoms with Crippen molar-refractivity contribution in [1.82, 2.24) is 14.5 Å². The minimum atomic E-state index is -1.15. The number of fused-ring (bicyclic) bond motifs is 1. The number of pyridine rings is 1. The van der Waals surface area contributed by atoms with Gasteiger partial charge in [0.1, 0.15) is 23.8 Å². The van der Waals surface area contributed by atoms with Crippen LogP contribution in [0.1, 0.15) is 11.8 Å². The number of ether oxygens (including phenoxy) is 1. The number of nitrogen functional groups attached to an aromatic ring is 1. The van der Waals surface area contributed by atoms with Crippen molar-refractivity contribution in [3.05, 3.63) is 18.1 Å². The van der Waals surface area contributed by atoms with Crippen molar-refractivity contribution in [3.8, 4) is 0 Å². The van der Waals surface area contributed by atoms with Gasteiger partial charge in [0.05, 0.1) is 18.5 Å². The lowest BCUT2D eigenvalue weighted by Gasteiger charge is -2.17. The molecule has 108 valence electrons. The fourth-order valence-corrected chi connectivity index (χ4v) is 2.53. The Kier molecular flexibility index (Phi) is 3.09. The van der Waals surface area contributed by atoms with Crippen LogP contribution in [0.5, 0.6) is 0 Å². The molecule has 5 N–H and O–H groups in total. The van der Waals surface area contributed by atoms with E-state index in [1.807, 2.05) is 6.92 Å². The number of hydrogen-bond donors (Lipinski definition) is 4. The number of rotatable bonds is 2. The Morgan fingerprint density at radius 3 is 2.75 bits per heavy atom. The third kappa shape index (κ3) is 1.77. The van der Waals surface area contributed by atoms with Crippen LogP contribution in [-0.4, -0.2) is 54.8 Å². The standard InChI is InChI=1S/C12H16N4O4/c1-5-2-14-11(13)7-8(5)16(4-15-7)12-10(19)9(18)6(3-17)20-12/h2,4,6,9-10,12,17-19H,3H2,1H3,(H2,13,14)/t6-,9-,10-,12?/m1/s1. The first-order valence-corrected chi connectivity index (χ1v) is 6.24. The zero-order chi connectivity index (χ0) is 14.4. The first-order valence-electron chi connectivity index (χ1n) is 6.24. The van der Waals surface area contributed by atoms with Crippen LogP contribution in [0.4, 0.5) is 5.82 Å². The number of aliphatic hydroxyl groups is 3. The topological polar surface area (TPSA) is 127 Å². The van der Waals surface area contributed by atoms with Gasteiger partial charge in [0.25, 0.3) is 0 Å². The molecule has 2 aromatic heterocycles. The highest BCUT2D eigenvalue weighted by Crippen LogP contribution is 2.33. The van der Waals surface area contributed by atoms with E-state index in [2.05, 4.69) is 9.97 Å². The summed E-state index contributed by atoms with van der Waals surface area (Å²) in [6, 6.07) is 0. The molecule has 1 aliphatic heterocycles. The van der Waals surface area contributed by atoms with Gasteiger partial charge in [-0.3, -0.25) is 0 Å². The lowest BCUT2D eigenvalue weighted by Crippen LogP contribution is -2.33. The number of aromatic nitrogens is 3. The van der Waals surface area contributed by atoms with E-state index < -0.39 is 24.5 Å². The maximum atomic E-state index is 10.1. The number of aryl methyl sites for hydroxylation is 1. The normalized spacial score (nSPS) is 30.2. The van der Waals surface area contributed by atoms with Crippen LogP contribution in [0, 0.1) is 6.92 Å². The van der Waals surface area contributed by atoms with Crippen LogP contribution in [0.25, 0.3) is 11.0 Å². The van der Waals surface area contributed by atoms with Gasteiger partial charge in [-0.1, -0.05) is 0 Å². The summed E-state index contributed by atoms with van der Waals surface area (Å²) in [4.78, 5) is 8.20. The van der Waals surface area contributed by atoms with E-state index in [-0.39, 0.29) is 12.4 Å². The van der Waals surface area contributed by atoms with Crippen molar-refractivity contribution >= 4 is 16.9 Å². The summed E-state index contributed by atoms with van der Waals surface area (Å²) < 4.78 is 7.10. The van der Waals surface area contributed by atoms with Crippen LogP contribution in [0.2, 0.25) is 0 Å². The van der Waals surface area contributed by atoms with Gasteiger partial charge in [0.2, 0.25) is 0 Å². The summed E-state index contributed by atoms with van der Waals surface area (Å²) in [5.74, 6) is 0.288. The van der Waals surface area contributed by atoms with E-state index in [4.69, 9.17) is 15.6 Å². The van der Waals surface area contributed by atoms with E-state index in [9.17, 15) is 10.2 Å². The summed E-state index contributed by atoms with van der Waals surface area (Å²) in [5, 5.41) is 29.0. The molecule has 8 nitrogen and oxygen atoms in total. The fraction of sp³-hybridized carbons (Fsp3) is 0.500. The molecule has 0 amide bonds. The maximum Gasteiger partial charge on any atom is 0.164 e. The number of imidazole rings is 1. The zero-order valence-electron chi connectivity index (χ0n) is 10.8. The molecule has 3 rings (SSSR count). The lowest BCUT2D eigenvalue weighted by atomic mass is 10.1. The van der Waals surface area contributed by atoms with Crippen LogP contribution >= 0.6 is 0 Å². The van der Waals surface area contributed by atoms with Crippen LogP contribution in [0.15, 0.2) is 12.5 Å². The summed E-state index contributed by atoms with van der Waals surface area (Å²) in [5.41, 5.74) is 7.80. The number of anilines is 1. The number of aliphatic hydroxyl groups excluding tert-OH is 3. The van der Waals surface area contributed by atoms with Crippen molar-refractivity contribution in [3.63, 3.8) is 0 Å². The van der Waals surface area contributed by atoms with E-state index in [0.29, 0.717) is 11.0 Å². The summed E-state index contributed by atoms with van der Waals surface area (Å²) in [7, 11) is 0. The third-order valence-corrected chi connectivity index (χ3v) is 3.60. The highest BCUT2D eigenvalue weighted by atomic mass is 16.6. The second kappa shape index (κ2) is 4.67. The Morgan fingerprint density at radius 1 is 1.35 bits per heavy atom. The SMILES string of the molecule is Cc1cnc(N)c2ncn(C3O[C@H](CO)[C@@H](O)[C@H]3O)c12. The van der Waals surface area contributed by atoms with Gasteiger partial charge < -0.3 is 30.4 Å². The van der Waals surface area contributed by atoms with Crippen LogP contribution in [-0.2, 0) is 4.74 Å². The first-order chi connectivity index (χ1) is 9.54. The molecule has 4 atom stereocenters. The molecule has 1 fully saturated rings. The summed E-state index contributed by atoms with van der Waals surface area (Å²) in [6.07, 6.45) is -0.868. The van der Waals surface area contributed by atoms with Crippen LogP contribution < -0.4 is 5.73 Å². The second-order valence-electron chi connectivity index (χ2n) is 4.90. The molecule has 0 saturated carbocycles. The molecule has 0 aromatic carbocycles. The Hall–Kier alpha value is -1.74. The maximum absolute atomic E-state index is 10.1. The molecule has 1 unspecified atom stereocenters. The molecule has 1 saturated heterocycles. The molecule has 1 aliphatic rings. The van der Waals surface area contributed by atoms with E-state index in [0.717, 1.165) is 5.56 Å². The van der Waals surface area contributed by atoms with Crippen molar-refractivity contribution in [2.45, 2.75) is 31.5 Å². The average molecular weight is 280 g/mol. The van der Waals surface area contributed by atoms with Gasteiger partial charge in [0.15, 0.2) is 12.0 Å². The van der Waals surface area contributed by atoms with Crippen molar-refractivity contribution in [2.75, 3.05) is 12.3 Å². The number of nitrogens with zero attached hydrogens (tertiary/aromatic N) is 3.